The Morgan fingerprint density at radius 1 is 0.964 bits per heavy atom. The topological polar surface area (TPSA) is 79.2 Å². The van der Waals surface area contributed by atoms with Crippen molar-refractivity contribution < 1.29 is 28.6 Å². The third kappa shape index (κ3) is 2.82. The molecule has 0 amide bonds. The number of nitrogens with zero attached hydrogens (tertiary/aromatic N) is 2. The van der Waals surface area contributed by atoms with Crippen molar-refractivity contribution in [3.63, 3.8) is 0 Å². The fourth-order valence-corrected chi connectivity index (χ4v) is 3.63. The van der Waals surface area contributed by atoms with E-state index in [9.17, 15) is 9.59 Å². The van der Waals surface area contributed by atoms with E-state index in [1.807, 2.05) is 34.9 Å². The second kappa shape index (κ2) is 6.72. The second-order valence-corrected chi connectivity index (χ2v) is 6.57. The highest BCUT2D eigenvalue weighted by Crippen LogP contribution is 2.40. The number of esters is 1. The van der Waals surface area contributed by atoms with Crippen LogP contribution in [0.1, 0.15) is 12.6 Å². The van der Waals surface area contributed by atoms with Gasteiger partial charge in [-0.25, -0.2) is 9.59 Å². The summed E-state index contributed by atoms with van der Waals surface area (Å²) in [4.78, 5) is 29.3. The summed E-state index contributed by atoms with van der Waals surface area (Å²) in [6.45, 7) is 2.63. The first-order valence-corrected chi connectivity index (χ1v) is 8.79. The molecule has 0 bridgehead atoms. The van der Waals surface area contributed by atoms with Crippen LogP contribution >= 0.6 is 0 Å². The van der Waals surface area contributed by atoms with Crippen LogP contribution in [0.4, 0.5) is 0 Å². The summed E-state index contributed by atoms with van der Waals surface area (Å²) in [5.74, 6) is 0.0487. The third-order valence-corrected chi connectivity index (χ3v) is 4.99. The fraction of sp³-hybridized carbons (Fsp3) is 0.300. The van der Waals surface area contributed by atoms with Crippen LogP contribution in [0.3, 0.4) is 0 Å². The summed E-state index contributed by atoms with van der Waals surface area (Å²) in [5.41, 5.74) is 1.33. The van der Waals surface area contributed by atoms with E-state index in [-0.39, 0.29) is 0 Å². The molecule has 8 nitrogen and oxygen atoms in total. The molecule has 146 valence electrons. The van der Waals surface area contributed by atoms with Crippen molar-refractivity contribution in [2.45, 2.75) is 19.2 Å². The van der Waals surface area contributed by atoms with Gasteiger partial charge < -0.3 is 23.6 Å². The summed E-state index contributed by atoms with van der Waals surface area (Å²) in [6, 6.07) is 9.47. The standard InChI is InChI=1S/C20H20N2O6/c1-20-17-7-5-14(13-4-6-15(25-2)16(12-13)26-3)21(17)10-11-22(20)28-19(24)9-8-18(23)27-20/h4-9,12H,10-11H2,1-3H3/b9-8+. The van der Waals surface area contributed by atoms with Gasteiger partial charge in [-0.3, -0.25) is 0 Å². The highest BCUT2D eigenvalue weighted by atomic mass is 16.7. The van der Waals surface area contributed by atoms with Crippen molar-refractivity contribution in [1.82, 2.24) is 9.63 Å². The van der Waals surface area contributed by atoms with Gasteiger partial charge in [0.1, 0.15) is 0 Å². The molecular weight excluding hydrogens is 364 g/mol. The molecule has 0 saturated carbocycles. The predicted octanol–water partition coefficient (Wildman–Crippen LogP) is 2.23. The first kappa shape index (κ1) is 18.1. The van der Waals surface area contributed by atoms with Gasteiger partial charge in [0, 0.05) is 30.0 Å². The Hall–Kier alpha value is -3.26. The average Bonchev–Trinajstić information content (AvgIpc) is 3.12. The van der Waals surface area contributed by atoms with Crippen LogP contribution in [0.15, 0.2) is 42.5 Å². The Morgan fingerprint density at radius 3 is 2.46 bits per heavy atom. The van der Waals surface area contributed by atoms with E-state index in [1.54, 1.807) is 21.1 Å². The number of carbonyl (C=O) groups excluding carboxylic acids is 2. The zero-order valence-electron chi connectivity index (χ0n) is 15.8. The predicted molar refractivity (Wildman–Crippen MR) is 98.4 cm³/mol. The highest BCUT2D eigenvalue weighted by Gasteiger charge is 2.46. The van der Waals surface area contributed by atoms with Gasteiger partial charge >= 0.3 is 11.9 Å². The van der Waals surface area contributed by atoms with Crippen molar-refractivity contribution in [2.24, 2.45) is 0 Å². The van der Waals surface area contributed by atoms with Crippen LogP contribution < -0.4 is 9.47 Å². The average molecular weight is 384 g/mol. The van der Waals surface area contributed by atoms with Crippen LogP contribution in [-0.2, 0) is 31.4 Å². The van der Waals surface area contributed by atoms with Crippen molar-refractivity contribution in [3.8, 4) is 22.8 Å². The number of fused-ring (bicyclic) bond motifs is 3. The molecule has 1 aromatic carbocycles. The number of aromatic nitrogens is 1. The molecule has 1 atom stereocenters. The van der Waals surface area contributed by atoms with Crippen LogP contribution in [-0.4, -0.2) is 42.3 Å². The van der Waals surface area contributed by atoms with Crippen molar-refractivity contribution >= 4 is 11.9 Å². The molecule has 8 heteroatoms. The van der Waals surface area contributed by atoms with Gasteiger partial charge in [-0.15, -0.1) is 0 Å². The molecular formula is C20H20N2O6. The van der Waals surface area contributed by atoms with Gasteiger partial charge in [-0.2, -0.15) is 0 Å². The summed E-state index contributed by atoms with van der Waals surface area (Å²) < 4.78 is 18.4. The molecule has 0 saturated heterocycles. The van der Waals surface area contributed by atoms with E-state index in [4.69, 9.17) is 19.0 Å². The largest absolute Gasteiger partial charge is 0.493 e. The molecule has 0 aliphatic carbocycles. The van der Waals surface area contributed by atoms with Crippen molar-refractivity contribution in [2.75, 3.05) is 20.8 Å². The minimum Gasteiger partial charge on any atom is -0.493 e. The maximum atomic E-state index is 12.1. The summed E-state index contributed by atoms with van der Waals surface area (Å²) >= 11 is 0. The Labute approximate surface area is 161 Å². The normalized spacial score (nSPS) is 22.8. The smallest absolute Gasteiger partial charge is 0.350 e. The van der Waals surface area contributed by atoms with Crippen LogP contribution in [0, 0.1) is 0 Å². The van der Waals surface area contributed by atoms with E-state index in [0.717, 1.165) is 23.4 Å². The monoisotopic (exact) mass is 384 g/mol. The van der Waals surface area contributed by atoms with E-state index in [2.05, 4.69) is 0 Å². The lowest BCUT2D eigenvalue weighted by molar-refractivity contribution is -0.291. The zero-order valence-corrected chi connectivity index (χ0v) is 15.8. The maximum absolute atomic E-state index is 12.1. The number of hydrogen-bond donors (Lipinski definition) is 0. The van der Waals surface area contributed by atoms with E-state index in [1.165, 1.54) is 5.06 Å². The molecule has 1 unspecified atom stereocenters. The number of carbonyl (C=O) groups is 2. The molecule has 0 spiro atoms. The lowest BCUT2D eigenvalue weighted by atomic mass is 10.1. The number of ether oxygens (including phenoxy) is 3. The molecule has 2 aliphatic rings. The van der Waals surface area contributed by atoms with Crippen molar-refractivity contribution in [3.05, 3.63) is 48.2 Å². The SMILES string of the molecule is COc1ccc(-c2ccc3n2CCN2OC(=O)/C=C/C(=O)OC32C)cc1OC. The lowest BCUT2D eigenvalue weighted by Gasteiger charge is -2.42. The minimum atomic E-state index is -1.23. The van der Waals surface area contributed by atoms with E-state index in [0.29, 0.717) is 30.3 Å². The van der Waals surface area contributed by atoms with Gasteiger partial charge in [0.05, 0.1) is 26.5 Å². The minimum absolute atomic E-state index is 0.366. The maximum Gasteiger partial charge on any atom is 0.350 e. The second-order valence-electron chi connectivity index (χ2n) is 6.57. The Balaban J connectivity index is 1.79. The van der Waals surface area contributed by atoms with Crippen LogP contribution in [0.5, 0.6) is 11.5 Å². The zero-order chi connectivity index (χ0) is 19.9. The molecule has 1 aromatic heterocycles. The van der Waals surface area contributed by atoms with Gasteiger partial charge in [-0.05, 0) is 37.3 Å². The summed E-state index contributed by atoms with van der Waals surface area (Å²) in [5, 5.41) is 1.41. The molecule has 0 radical (unpaired) electrons. The Bertz CT molecular complexity index is 979. The van der Waals surface area contributed by atoms with E-state index < -0.39 is 17.7 Å². The van der Waals surface area contributed by atoms with Crippen LogP contribution in [0.25, 0.3) is 11.3 Å². The molecule has 4 rings (SSSR count). The lowest BCUT2D eigenvalue weighted by Crippen LogP contribution is -2.54. The van der Waals surface area contributed by atoms with Gasteiger partial charge in [0.2, 0.25) is 5.72 Å². The number of rotatable bonds is 3. The first-order valence-electron chi connectivity index (χ1n) is 8.79. The number of methoxy groups -OCH3 is 2. The number of benzene rings is 1. The molecule has 28 heavy (non-hydrogen) atoms. The molecule has 0 fully saturated rings. The number of hydrogen-bond acceptors (Lipinski definition) is 7. The molecule has 0 N–H and O–H groups in total. The van der Waals surface area contributed by atoms with E-state index >= 15 is 0 Å². The number of hydroxylamine groups is 2. The molecule has 2 aromatic rings. The molecule has 3 heterocycles. The fourth-order valence-electron chi connectivity index (χ4n) is 3.63. The summed E-state index contributed by atoms with van der Waals surface area (Å²) in [7, 11) is 3.18. The van der Waals surface area contributed by atoms with Crippen LogP contribution in [0.2, 0.25) is 0 Å². The first-order chi connectivity index (χ1) is 13.5. The highest BCUT2D eigenvalue weighted by molar-refractivity contribution is 5.92. The van der Waals surface area contributed by atoms with Gasteiger partial charge in [-0.1, -0.05) is 5.06 Å². The third-order valence-electron chi connectivity index (χ3n) is 4.99. The summed E-state index contributed by atoms with van der Waals surface area (Å²) in [6.07, 6.45) is 2.13. The Kier molecular flexibility index (Phi) is 4.35. The van der Waals surface area contributed by atoms with Crippen molar-refractivity contribution in [1.29, 1.82) is 0 Å². The van der Waals surface area contributed by atoms with Gasteiger partial charge in [0.15, 0.2) is 11.5 Å². The molecule has 2 aliphatic heterocycles. The quantitative estimate of drug-likeness (QED) is 0.751. The Morgan fingerprint density at radius 2 is 1.71 bits per heavy atom. The van der Waals surface area contributed by atoms with Gasteiger partial charge in [0.25, 0.3) is 0 Å².